The number of nitrogens with one attached hydrogen (secondary N) is 1. The Balaban J connectivity index is 2.38. The molecule has 2 rings (SSSR count). The van der Waals surface area contributed by atoms with E-state index < -0.39 is 0 Å². The van der Waals surface area contributed by atoms with Crippen LogP contribution in [-0.2, 0) is 0 Å². The van der Waals surface area contributed by atoms with Crippen molar-refractivity contribution in [2.45, 2.75) is 56.5 Å². The fraction of sp³-hybridized carbons (Fsp3) is 0.600. The molecule has 1 aromatic rings. The lowest BCUT2D eigenvalue weighted by Crippen LogP contribution is -2.47. The summed E-state index contributed by atoms with van der Waals surface area (Å²) in [4.78, 5) is 1.23. The van der Waals surface area contributed by atoms with Crippen molar-refractivity contribution in [1.82, 2.24) is 5.32 Å². The second-order valence-electron chi connectivity index (χ2n) is 5.10. The van der Waals surface area contributed by atoms with Gasteiger partial charge in [0.05, 0.1) is 0 Å². The van der Waals surface area contributed by atoms with E-state index in [2.05, 4.69) is 32.2 Å². The van der Waals surface area contributed by atoms with Gasteiger partial charge in [-0.1, -0.05) is 26.8 Å². The van der Waals surface area contributed by atoms with Crippen molar-refractivity contribution in [2.24, 2.45) is 0 Å². The van der Waals surface area contributed by atoms with E-state index in [-0.39, 0.29) is 5.54 Å². The second-order valence-corrected chi connectivity index (χ2v) is 6.12. The van der Waals surface area contributed by atoms with Gasteiger partial charge in [0, 0.05) is 22.2 Å². The van der Waals surface area contributed by atoms with Crippen LogP contribution in [0.15, 0.2) is 23.1 Å². The van der Waals surface area contributed by atoms with Gasteiger partial charge >= 0.3 is 0 Å². The van der Waals surface area contributed by atoms with Crippen LogP contribution in [0.3, 0.4) is 0 Å². The predicted molar refractivity (Wildman–Crippen MR) is 78.3 cm³/mol. The smallest absolute Gasteiger partial charge is 0.116 e. The predicted octanol–water partition coefficient (Wildman–Crippen LogP) is 4.10. The highest BCUT2D eigenvalue weighted by molar-refractivity contribution is 7.99. The van der Waals surface area contributed by atoms with Gasteiger partial charge < -0.3 is 10.4 Å². The van der Waals surface area contributed by atoms with Gasteiger partial charge in [0.2, 0.25) is 0 Å². The van der Waals surface area contributed by atoms with Crippen LogP contribution in [-0.4, -0.2) is 16.4 Å². The third-order valence-corrected chi connectivity index (χ3v) is 5.48. The number of fused-ring (bicyclic) bond motifs is 1. The first-order valence-corrected chi connectivity index (χ1v) is 7.86. The molecule has 0 amide bonds. The minimum Gasteiger partial charge on any atom is -0.508 e. The summed E-state index contributed by atoms with van der Waals surface area (Å²) < 4.78 is 0. The molecule has 0 fully saturated rings. The average Bonchev–Trinajstić information content (AvgIpc) is 2.56. The maximum Gasteiger partial charge on any atom is 0.116 e. The first kappa shape index (κ1) is 13.8. The lowest BCUT2D eigenvalue weighted by Gasteiger charge is -2.34. The minimum atomic E-state index is 0.222. The molecule has 3 heteroatoms. The third kappa shape index (κ3) is 2.52. The molecule has 0 saturated carbocycles. The van der Waals surface area contributed by atoms with Crippen LogP contribution >= 0.6 is 11.8 Å². The van der Waals surface area contributed by atoms with Gasteiger partial charge in [-0.15, -0.1) is 11.8 Å². The molecule has 1 unspecified atom stereocenters. The van der Waals surface area contributed by atoms with E-state index in [0.717, 1.165) is 25.0 Å². The molecular formula is C15H23NOS. The minimum absolute atomic E-state index is 0.222. The van der Waals surface area contributed by atoms with Gasteiger partial charge in [-0.05, 0) is 37.0 Å². The van der Waals surface area contributed by atoms with Crippen LogP contribution < -0.4 is 5.32 Å². The monoisotopic (exact) mass is 265 g/mol. The van der Waals surface area contributed by atoms with Crippen LogP contribution in [0.4, 0.5) is 0 Å². The zero-order chi connectivity index (χ0) is 13.2. The van der Waals surface area contributed by atoms with Gasteiger partial charge in [0.1, 0.15) is 5.75 Å². The highest BCUT2D eigenvalue weighted by atomic mass is 32.2. The Morgan fingerprint density at radius 2 is 2.06 bits per heavy atom. The van der Waals surface area contributed by atoms with E-state index in [9.17, 15) is 5.11 Å². The molecule has 0 radical (unpaired) electrons. The normalized spacial score (nSPS) is 22.3. The highest BCUT2D eigenvalue weighted by Gasteiger charge is 2.33. The number of rotatable bonds is 3. The summed E-state index contributed by atoms with van der Waals surface area (Å²) in [5, 5.41) is 13.5. The number of aromatic hydroxyl groups is 1. The van der Waals surface area contributed by atoms with E-state index >= 15 is 0 Å². The summed E-state index contributed by atoms with van der Waals surface area (Å²) in [6.07, 6.45) is 3.38. The summed E-state index contributed by atoms with van der Waals surface area (Å²) in [5.74, 6) is 1.45. The van der Waals surface area contributed by atoms with Gasteiger partial charge in [-0.2, -0.15) is 0 Å². The van der Waals surface area contributed by atoms with E-state index in [4.69, 9.17) is 0 Å². The van der Waals surface area contributed by atoms with Crippen LogP contribution in [0, 0.1) is 0 Å². The maximum atomic E-state index is 9.65. The molecule has 1 aliphatic rings. The van der Waals surface area contributed by atoms with Gasteiger partial charge in [-0.3, -0.25) is 0 Å². The quantitative estimate of drug-likeness (QED) is 0.863. The van der Waals surface area contributed by atoms with Crippen molar-refractivity contribution in [2.75, 3.05) is 5.75 Å². The van der Waals surface area contributed by atoms with Crippen LogP contribution in [0.2, 0.25) is 0 Å². The molecule has 1 atom stereocenters. The number of hydrogen-bond donors (Lipinski definition) is 2. The standard InChI is InChI=1S/C15H23NOS/c1-4-13-12-8-7-11(17)9-14(12)18-10-15(5-2,6-3)16-13/h7-9,13,16-17H,4-6,10H2,1-3H3. The van der Waals surface area contributed by atoms with Gasteiger partial charge in [0.25, 0.3) is 0 Å². The fourth-order valence-electron chi connectivity index (χ4n) is 2.62. The van der Waals surface area contributed by atoms with Crippen LogP contribution in [0.1, 0.15) is 51.6 Å². The zero-order valence-electron chi connectivity index (χ0n) is 11.5. The number of benzene rings is 1. The van der Waals surface area contributed by atoms with Crippen molar-refractivity contribution in [3.05, 3.63) is 23.8 Å². The Labute approximate surface area is 114 Å². The second kappa shape index (κ2) is 5.54. The lowest BCUT2D eigenvalue weighted by molar-refractivity contribution is 0.294. The van der Waals surface area contributed by atoms with Gasteiger partial charge in [0.15, 0.2) is 0 Å². The van der Waals surface area contributed by atoms with Crippen molar-refractivity contribution >= 4 is 11.8 Å². The number of hydrogen-bond acceptors (Lipinski definition) is 3. The number of thioether (sulfide) groups is 1. The third-order valence-electron chi connectivity index (χ3n) is 4.12. The van der Waals surface area contributed by atoms with Crippen molar-refractivity contribution in [3.8, 4) is 5.75 Å². The molecule has 2 N–H and O–H groups in total. The Kier molecular flexibility index (Phi) is 4.23. The maximum absolute atomic E-state index is 9.65. The van der Waals surface area contributed by atoms with Crippen molar-refractivity contribution in [3.63, 3.8) is 0 Å². The molecule has 1 aliphatic heterocycles. The molecule has 0 aromatic heterocycles. The Morgan fingerprint density at radius 3 is 2.67 bits per heavy atom. The summed E-state index contributed by atoms with van der Waals surface area (Å²) in [5.41, 5.74) is 1.56. The van der Waals surface area contributed by atoms with Crippen LogP contribution in [0.25, 0.3) is 0 Å². The molecular weight excluding hydrogens is 242 g/mol. The summed E-state index contributed by atoms with van der Waals surface area (Å²) >= 11 is 1.88. The summed E-state index contributed by atoms with van der Waals surface area (Å²) in [6.45, 7) is 6.74. The molecule has 2 nitrogen and oxygen atoms in total. The molecule has 0 spiro atoms. The molecule has 0 bridgehead atoms. The highest BCUT2D eigenvalue weighted by Crippen LogP contribution is 2.39. The molecule has 1 heterocycles. The summed E-state index contributed by atoms with van der Waals surface area (Å²) in [7, 11) is 0. The topological polar surface area (TPSA) is 32.3 Å². The fourth-order valence-corrected chi connectivity index (χ4v) is 4.13. The molecule has 100 valence electrons. The molecule has 0 saturated heterocycles. The van der Waals surface area contributed by atoms with E-state index in [1.807, 2.05) is 17.8 Å². The first-order chi connectivity index (χ1) is 8.64. The number of phenols is 1. The Bertz CT molecular complexity index is 415. The first-order valence-electron chi connectivity index (χ1n) is 6.87. The Hall–Kier alpha value is -0.670. The molecule has 1 aromatic carbocycles. The van der Waals surface area contributed by atoms with Gasteiger partial charge in [-0.25, -0.2) is 0 Å². The molecule has 0 aliphatic carbocycles. The zero-order valence-corrected chi connectivity index (χ0v) is 12.3. The van der Waals surface area contributed by atoms with Crippen molar-refractivity contribution < 1.29 is 5.11 Å². The largest absolute Gasteiger partial charge is 0.508 e. The van der Waals surface area contributed by atoms with E-state index in [1.165, 1.54) is 10.5 Å². The Morgan fingerprint density at radius 1 is 1.33 bits per heavy atom. The molecule has 18 heavy (non-hydrogen) atoms. The SMILES string of the molecule is CCC1NC(CC)(CC)CSc2cc(O)ccc21. The van der Waals surface area contributed by atoms with Crippen molar-refractivity contribution in [1.29, 1.82) is 0 Å². The van der Waals surface area contributed by atoms with Crippen LogP contribution in [0.5, 0.6) is 5.75 Å². The average molecular weight is 265 g/mol. The number of phenolic OH excluding ortho intramolecular Hbond substituents is 1. The lowest BCUT2D eigenvalue weighted by atomic mass is 9.92. The van der Waals surface area contributed by atoms with E-state index in [1.54, 1.807) is 6.07 Å². The van der Waals surface area contributed by atoms with E-state index in [0.29, 0.717) is 11.8 Å². The summed E-state index contributed by atoms with van der Waals surface area (Å²) in [6, 6.07) is 6.18.